The number of benzene rings is 1. The minimum absolute atomic E-state index is 0.116. The Morgan fingerprint density at radius 1 is 1.52 bits per heavy atom. The van der Waals surface area contributed by atoms with Gasteiger partial charge in [-0.2, -0.15) is 17.0 Å². The van der Waals surface area contributed by atoms with Gasteiger partial charge in [-0.05, 0) is 6.07 Å². The van der Waals surface area contributed by atoms with Crippen LogP contribution in [0.2, 0.25) is 0 Å². The molecule has 1 aliphatic heterocycles. The molecule has 0 radical (unpaired) electrons. The molecule has 2 rings (SSSR count). The second kappa shape index (κ2) is 5.91. The van der Waals surface area contributed by atoms with Crippen molar-refractivity contribution >= 4 is 33.0 Å². The van der Waals surface area contributed by atoms with Crippen LogP contribution in [-0.2, 0) is 9.84 Å². The SMILES string of the molecule is CS(=O)(=O)C1CSCCN1c1ccc([N+](=O)[O-])cc1C#N. The Labute approximate surface area is 126 Å². The lowest BCUT2D eigenvalue weighted by molar-refractivity contribution is -0.384. The largest absolute Gasteiger partial charge is 0.352 e. The van der Waals surface area contributed by atoms with Crippen LogP contribution in [0, 0.1) is 21.4 Å². The Kier molecular flexibility index (Phi) is 4.39. The monoisotopic (exact) mass is 327 g/mol. The van der Waals surface area contributed by atoms with Crippen molar-refractivity contribution in [2.24, 2.45) is 0 Å². The molecule has 1 aliphatic rings. The third-order valence-corrected chi connectivity index (χ3v) is 5.84. The quantitative estimate of drug-likeness (QED) is 0.610. The summed E-state index contributed by atoms with van der Waals surface area (Å²) < 4.78 is 23.8. The van der Waals surface area contributed by atoms with Crippen molar-refractivity contribution in [3.63, 3.8) is 0 Å². The van der Waals surface area contributed by atoms with Crippen molar-refractivity contribution in [2.75, 3.05) is 29.2 Å². The highest BCUT2D eigenvalue weighted by atomic mass is 32.2. The summed E-state index contributed by atoms with van der Waals surface area (Å²) in [7, 11) is -3.31. The Morgan fingerprint density at radius 2 is 2.24 bits per heavy atom. The first kappa shape index (κ1) is 15.6. The van der Waals surface area contributed by atoms with Gasteiger partial charge in [-0.25, -0.2) is 8.42 Å². The maximum Gasteiger partial charge on any atom is 0.270 e. The number of nitriles is 1. The molecule has 0 aromatic heterocycles. The average molecular weight is 327 g/mol. The van der Waals surface area contributed by atoms with Gasteiger partial charge in [0.05, 0.1) is 16.2 Å². The van der Waals surface area contributed by atoms with Gasteiger partial charge in [0.2, 0.25) is 0 Å². The van der Waals surface area contributed by atoms with Gasteiger partial charge in [0.1, 0.15) is 11.4 Å². The molecule has 0 saturated carbocycles. The van der Waals surface area contributed by atoms with Gasteiger partial charge < -0.3 is 4.90 Å². The van der Waals surface area contributed by atoms with E-state index in [1.54, 1.807) is 4.90 Å². The lowest BCUT2D eigenvalue weighted by Crippen LogP contribution is -2.47. The number of rotatable bonds is 3. The molecule has 1 aromatic carbocycles. The van der Waals surface area contributed by atoms with Crippen LogP contribution in [0.15, 0.2) is 18.2 Å². The number of nitrogens with zero attached hydrogens (tertiary/aromatic N) is 3. The Bertz CT molecular complexity index is 712. The van der Waals surface area contributed by atoms with E-state index in [1.807, 2.05) is 6.07 Å². The molecule has 1 atom stereocenters. The Balaban J connectivity index is 2.49. The third kappa shape index (κ3) is 3.28. The summed E-state index contributed by atoms with van der Waals surface area (Å²) >= 11 is 1.54. The summed E-state index contributed by atoms with van der Waals surface area (Å²) in [6.45, 7) is 0.481. The standard InChI is InChI=1S/C12H13N3O4S2/c1-21(18,19)12-8-20-5-4-14(12)11-3-2-10(15(16)17)6-9(11)7-13/h2-3,6,12H,4-5,8H2,1H3. The van der Waals surface area contributed by atoms with Crippen LogP contribution in [0.25, 0.3) is 0 Å². The molecule has 1 aromatic rings. The fourth-order valence-corrected chi connectivity index (χ4v) is 5.02. The molecule has 112 valence electrons. The number of nitro groups is 1. The lowest BCUT2D eigenvalue weighted by atomic mass is 10.1. The predicted octanol–water partition coefficient (Wildman–Crippen LogP) is 1.39. The molecule has 0 amide bonds. The van der Waals surface area contributed by atoms with Gasteiger partial charge in [-0.3, -0.25) is 10.1 Å². The summed E-state index contributed by atoms with van der Waals surface area (Å²) in [5.74, 6) is 1.16. The number of hydrogen-bond acceptors (Lipinski definition) is 7. The second-order valence-corrected chi connectivity index (χ2v) is 7.98. The zero-order valence-electron chi connectivity index (χ0n) is 11.2. The van der Waals surface area contributed by atoms with Gasteiger partial charge in [-0.1, -0.05) is 0 Å². The number of anilines is 1. The van der Waals surface area contributed by atoms with Crippen molar-refractivity contribution in [1.82, 2.24) is 0 Å². The predicted molar refractivity (Wildman–Crippen MR) is 81.1 cm³/mol. The van der Waals surface area contributed by atoms with Crippen molar-refractivity contribution in [3.8, 4) is 6.07 Å². The van der Waals surface area contributed by atoms with Gasteiger partial charge >= 0.3 is 0 Å². The van der Waals surface area contributed by atoms with E-state index < -0.39 is 20.1 Å². The molecule has 7 nitrogen and oxygen atoms in total. The highest BCUT2D eigenvalue weighted by molar-refractivity contribution is 8.01. The fourth-order valence-electron chi connectivity index (χ4n) is 2.19. The molecule has 0 spiro atoms. The van der Waals surface area contributed by atoms with Crippen molar-refractivity contribution in [1.29, 1.82) is 5.26 Å². The molecule has 9 heteroatoms. The summed E-state index contributed by atoms with van der Waals surface area (Å²) in [6.07, 6.45) is 1.16. The number of hydrogen-bond donors (Lipinski definition) is 0. The molecule has 0 bridgehead atoms. The molecular formula is C12H13N3O4S2. The van der Waals surface area contributed by atoms with Crippen molar-refractivity contribution in [3.05, 3.63) is 33.9 Å². The van der Waals surface area contributed by atoms with Gasteiger partial charge in [-0.15, -0.1) is 0 Å². The van der Waals surface area contributed by atoms with Crippen LogP contribution in [0.5, 0.6) is 0 Å². The Morgan fingerprint density at radius 3 is 2.81 bits per heavy atom. The third-order valence-electron chi connectivity index (χ3n) is 3.20. The van der Waals surface area contributed by atoms with E-state index in [9.17, 15) is 23.8 Å². The molecular weight excluding hydrogens is 314 g/mol. The van der Waals surface area contributed by atoms with E-state index in [1.165, 1.54) is 30.0 Å². The minimum Gasteiger partial charge on any atom is -0.352 e. The summed E-state index contributed by atoms with van der Waals surface area (Å²) in [6, 6.07) is 5.83. The molecule has 0 aliphatic carbocycles. The van der Waals surface area contributed by atoms with E-state index in [-0.39, 0.29) is 11.3 Å². The van der Waals surface area contributed by atoms with Crippen LogP contribution >= 0.6 is 11.8 Å². The second-order valence-electron chi connectivity index (χ2n) is 4.62. The molecule has 1 fully saturated rings. The molecule has 21 heavy (non-hydrogen) atoms. The van der Waals surface area contributed by atoms with Crippen LogP contribution < -0.4 is 4.90 Å². The zero-order valence-corrected chi connectivity index (χ0v) is 12.9. The first-order valence-electron chi connectivity index (χ1n) is 6.06. The smallest absolute Gasteiger partial charge is 0.270 e. The number of nitro benzene ring substituents is 1. The molecule has 0 N–H and O–H groups in total. The van der Waals surface area contributed by atoms with Crippen LogP contribution in [0.4, 0.5) is 11.4 Å². The summed E-state index contributed by atoms with van der Waals surface area (Å²) in [4.78, 5) is 11.8. The summed E-state index contributed by atoms with van der Waals surface area (Å²) in [5.41, 5.74) is 0.362. The zero-order chi connectivity index (χ0) is 15.6. The van der Waals surface area contributed by atoms with Gasteiger partial charge in [0.25, 0.3) is 5.69 Å². The van der Waals surface area contributed by atoms with Crippen LogP contribution in [0.1, 0.15) is 5.56 Å². The molecule has 1 heterocycles. The number of non-ortho nitro benzene ring substituents is 1. The number of thioether (sulfide) groups is 1. The van der Waals surface area contributed by atoms with Crippen molar-refractivity contribution in [2.45, 2.75) is 5.37 Å². The van der Waals surface area contributed by atoms with Gasteiger partial charge in [0, 0.05) is 36.4 Å². The molecule has 1 saturated heterocycles. The summed E-state index contributed by atoms with van der Waals surface area (Å²) in [5, 5.41) is 19.2. The Hall–Kier alpha value is -1.79. The van der Waals surface area contributed by atoms with Crippen LogP contribution in [-0.4, -0.2) is 43.0 Å². The minimum atomic E-state index is -3.31. The topological polar surface area (TPSA) is 104 Å². The lowest BCUT2D eigenvalue weighted by Gasteiger charge is -2.36. The first-order valence-corrected chi connectivity index (χ1v) is 9.17. The van der Waals surface area contributed by atoms with E-state index in [2.05, 4.69) is 0 Å². The highest BCUT2D eigenvalue weighted by Crippen LogP contribution is 2.31. The maximum absolute atomic E-state index is 11.9. The van der Waals surface area contributed by atoms with Crippen molar-refractivity contribution < 1.29 is 13.3 Å². The average Bonchev–Trinajstić information content (AvgIpc) is 2.45. The normalized spacial score (nSPS) is 19.0. The fraction of sp³-hybridized carbons (Fsp3) is 0.417. The van der Waals surface area contributed by atoms with E-state index in [0.717, 1.165) is 12.0 Å². The van der Waals surface area contributed by atoms with E-state index in [0.29, 0.717) is 18.0 Å². The van der Waals surface area contributed by atoms with Gasteiger partial charge in [0.15, 0.2) is 9.84 Å². The molecule has 1 unspecified atom stereocenters. The number of sulfone groups is 1. The highest BCUT2D eigenvalue weighted by Gasteiger charge is 2.32. The first-order chi connectivity index (χ1) is 9.84. The maximum atomic E-state index is 11.9. The van der Waals surface area contributed by atoms with E-state index >= 15 is 0 Å². The van der Waals surface area contributed by atoms with Crippen LogP contribution in [0.3, 0.4) is 0 Å². The van der Waals surface area contributed by atoms with E-state index in [4.69, 9.17) is 0 Å².